The molecule has 0 amide bonds. The molecule has 0 fully saturated rings. The number of carbonyl (C=O) groups is 1. The Hall–Kier alpha value is 0.169. The Morgan fingerprint density at radius 3 is 2.45 bits per heavy atom. The van der Waals surface area contributed by atoms with Gasteiger partial charge in [-0.15, -0.1) is 0 Å². The van der Waals surface area contributed by atoms with Crippen molar-refractivity contribution >= 4 is 33.4 Å². The van der Waals surface area contributed by atoms with Gasteiger partial charge in [-0.25, -0.2) is 0 Å². The van der Waals surface area contributed by atoms with Gasteiger partial charge in [0.05, 0.1) is 0 Å². The van der Waals surface area contributed by atoms with Crippen LogP contribution in [0.4, 0.5) is 0 Å². The molecule has 1 atom stereocenters. The zero-order valence-corrected chi connectivity index (χ0v) is 8.15. The average molecular weight is 245 g/mol. The number of nitrogens with two attached hydrogens (primary N) is 1. The molecule has 11 heavy (non-hydrogen) atoms. The van der Waals surface area contributed by atoms with Crippen LogP contribution in [0, 0.1) is 0 Å². The van der Waals surface area contributed by atoms with E-state index in [0.29, 0.717) is 0 Å². The van der Waals surface area contributed by atoms with Gasteiger partial charge >= 0.3 is 71.3 Å². The molecular formula is C4H9NO4PSe. The van der Waals surface area contributed by atoms with Crippen LogP contribution in [-0.4, -0.2) is 48.3 Å². The van der Waals surface area contributed by atoms with Gasteiger partial charge in [-0.2, -0.15) is 0 Å². The molecule has 0 rings (SSSR count). The summed E-state index contributed by atoms with van der Waals surface area (Å²) in [5.41, 5.74) is 5.07. The molecule has 0 aromatic carbocycles. The third-order valence-corrected chi connectivity index (χ3v) is 2.54. The van der Waals surface area contributed by atoms with Crippen LogP contribution < -0.4 is 5.73 Å². The third kappa shape index (κ3) is 6.56. The number of carboxylic acids is 1. The van der Waals surface area contributed by atoms with E-state index in [9.17, 15) is 4.79 Å². The minimum absolute atomic E-state index is 0.0525. The van der Waals surface area contributed by atoms with Gasteiger partial charge in [0.2, 0.25) is 0 Å². The summed E-state index contributed by atoms with van der Waals surface area (Å²) >= 11 is 2.13. The zero-order valence-electron chi connectivity index (χ0n) is 5.54. The predicted molar refractivity (Wildman–Crippen MR) is 43.4 cm³/mol. The molecule has 0 aliphatic carbocycles. The Morgan fingerprint density at radius 2 is 2.18 bits per heavy atom. The fourth-order valence-corrected chi connectivity index (χ4v) is 1.40. The topological polar surface area (TPSA) is 104 Å². The maximum absolute atomic E-state index is 10.1. The molecule has 0 saturated heterocycles. The van der Waals surface area contributed by atoms with E-state index in [1.807, 2.05) is 0 Å². The first-order chi connectivity index (χ1) is 4.83. The van der Waals surface area contributed by atoms with Crippen LogP contribution >= 0.6 is 6.03 Å². The maximum atomic E-state index is 10.1. The minimum atomic E-state index is -3.10. The monoisotopic (exact) mass is 246 g/mol. The number of hydrogen-bond acceptors (Lipinski definition) is 4. The van der Waals surface area contributed by atoms with Crippen molar-refractivity contribution in [1.29, 1.82) is 0 Å². The Labute approximate surface area is 71.8 Å². The van der Waals surface area contributed by atoms with Crippen LogP contribution in [0.2, 0.25) is 0 Å². The molecular weight excluding hydrogens is 236 g/mol. The molecule has 0 aromatic heterocycles. The number of hydrogen-bond donors (Lipinski definition) is 4. The second kappa shape index (κ2) is 4.26. The second-order valence-corrected chi connectivity index (χ2v) is 6.88. The summed E-state index contributed by atoms with van der Waals surface area (Å²) in [5, 5.41) is 8.27. The van der Waals surface area contributed by atoms with Crippen LogP contribution in [0.25, 0.3) is 0 Å². The van der Waals surface area contributed by atoms with E-state index < -0.39 is 18.0 Å². The molecule has 0 bridgehead atoms. The fourth-order valence-electron chi connectivity index (χ4n) is 0.352. The quantitative estimate of drug-likeness (QED) is 0.358. The number of carboxylic acid groups (broad SMARTS) is 1. The van der Waals surface area contributed by atoms with Crippen molar-refractivity contribution in [2.75, 3.05) is 0 Å². The van der Waals surface area contributed by atoms with E-state index in [-0.39, 0.29) is 6.42 Å². The molecule has 0 aliphatic heterocycles. The fraction of sp³-hybridized carbons (Fsp3) is 0.500. The Bertz CT molecular complexity index is 192. The van der Waals surface area contributed by atoms with Crippen molar-refractivity contribution in [2.45, 2.75) is 12.5 Å². The van der Waals surface area contributed by atoms with Crippen molar-refractivity contribution in [3.8, 4) is 0 Å². The van der Waals surface area contributed by atoms with Crippen LogP contribution in [0.3, 0.4) is 0 Å². The molecule has 0 heterocycles. The van der Waals surface area contributed by atoms with E-state index in [1.54, 1.807) is 0 Å². The van der Waals surface area contributed by atoms with Crippen molar-refractivity contribution in [3.63, 3.8) is 0 Å². The van der Waals surface area contributed by atoms with E-state index in [2.05, 4.69) is 15.6 Å². The molecule has 0 saturated carbocycles. The van der Waals surface area contributed by atoms with Crippen molar-refractivity contribution in [2.24, 2.45) is 5.73 Å². The molecule has 5 nitrogen and oxygen atoms in total. The van der Waals surface area contributed by atoms with Gasteiger partial charge in [0, 0.05) is 0 Å². The van der Waals surface area contributed by atoms with Crippen LogP contribution in [0.1, 0.15) is 6.42 Å². The predicted octanol–water partition coefficient (Wildman–Crippen LogP) is -1.49. The molecule has 0 aromatic rings. The van der Waals surface area contributed by atoms with Gasteiger partial charge in [-0.1, -0.05) is 0 Å². The van der Waals surface area contributed by atoms with E-state index in [4.69, 9.17) is 20.6 Å². The van der Waals surface area contributed by atoms with Crippen molar-refractivity contribution in [3.05, 3.63) is 0 Å². The van der Waals surface area contributed by atoms with E-state index in [0.717, 1.165) is 5.80 Å². The van der Waals surface area contributed by atoms with E-state index >= 15 is 0 Å². The normalized spacial score (nSPS) is 14.2. The summed E-state index contributed by atoms with van der Waals surface area (Å²) in [4.78, 5) is 27.6. The van der Waals surface area contributed by atoms with Crippen LogP contribution in [0.15, 0.2) is 0 Å². The molecule has 0 aliphatic rings. The van der Waals surface area contributed by atoms with Gasteiger partial charge in [0.15, 0.2) is 0 Å². The molecule has 7 heteroatoms. The average Bonchev–Trinajstić information content (AvgIpc) is 1.80. The number of aliphatic carboxylic acids is 1. The van der Waals surface area contributed by atoms with Crippen molar-refractivity contribution < 1.29 is 19.7 Å². The standard InChI is InChI=1S/C4H9NO4PSe/c5-3(4(6)7)1-2-10(8,9)11/h2-3,8-9H,1,5H2,(H,6,7)/t3-/m0/s1. The Morgan fingerprint density at radius 1 is 1.73 bits per heavy atom. The summed E-state index contributed by atoms with van der Waals surface area (Å²) in [6, 6.07) is -4.17. The van der Waals surface area contributed by atoms with Gasteiger partial charge in [0.25, 0.3) is 0 Å². The SMILES string of the molecule is N[C@@H](CC=P(O)(O)[Se])C(=O)O. The molecule has 65 valence electrons. The number of rotatable bonds is 3. The Kier molecular flexibility index (Phi) is 4.32. The van der Waals surface area contributed by atoms with Gasteiger partial charge in [-0.05, 0) is 0 Å². The summed E-state index contributed by atoms with van der Waals surface area (Å²) in [7, 11) is 0. The molecule has 1 radical (unpaired) electrons. The van der Waals surface area contributed by atoms with Crippen molar-refractivity contribution in [1.82, 2.24) is 0 Å². The van der Waals surface area contributed by atoms with Crippen LogP contribution in [0.5, 0.6) is 0 Å². The molecule has 5 N–H and O–H groups in total. The van der Waals surface area contributed by atoms with Gasteiger partial charge < -0.3 is 0 Å². The van der Waals surface area contributed by atoms with Gasteiger partial charge in [0.1, 0.15) is 0 Å². The summed E-state index contributed by atoms with van der Waals surface area (Å²) < 4.78 is 0. The molecule has 0 spiro atoms. The second-order valence-electron chi connectivity index (χ2n) is 1.95. The van der Waals surface area contributed by atoms with E-state index in [1.165, 1.54) is 0 Å². The van der Waals surface area contributed by atoms with Crippen LogP contribution in [-0.2, 0) is 4.79 Å². The summed E-state index contributed by atoms with van der Waals surface area (Å²) in [6.07, 6.45) is -0.0525. The Balaban J connectivity index is 3.99. The first-order valence-corrected chi connectivity index (χ1v) is 6.69. The third-order valence-electron chi connectivity index (χ3n) is 0.914. The zero-order chi connectivity index (χ0) is 9.07. The summed E-state index contributed by atoms with van der Waals surface area (Å²) in [5.74, 6) is -0.0686. The summed E-state index contributed by atoms with van der Waals surface area (Å²) in [6.45, 7) is 0. The first-order valence-electron chi connectivity index (χ1n) is 2.71. The molecule has 0 unspecified atom stereocenters. The van der Waals surface area contributed by atoms with Gasteiger partial charge in [-0.3, -0.25) is 0 Å². The first kappa shape index (κ1) is 11.2.